The molecule has 4 rings (SSSR count). The van der Waals surface area contributed by atoms with E-state index in [0.29, 0.717) is 12.5 Å². The van der Waals surface area contributed by atoms with Crippen molar-refractivity contribution < 1.29 is 9.25 Å². The van der Waals surface area contributed by atoms with E-state index < -0.39 is 0 Å². The standard InChI is InChI=1S/C18H18N4O2S/c1-2-9-23-22-13-6-3-7-14-16(13)21-17(24-14)15-11-20-18(25-15)12-5-4-8-19-10-12/h4-5,8,10-11H,2-3,6-7,9H2,1H3. The topological polar surface area (TPSA) is 73.4 Å². The summed E-state index contributed by atoms with van der Waals surface area (Å²) in [6.45, 7) is 2.68. The molecule has 7 heteroatoms. The van der Waals surface area contributed by atoms with Gasteiger partial charge in [0, 0.05) is 24.4 Å². The molecule has 25 heavy (non-hydrogen) atoms. The molecular formula is C18H18N4O2S. The molecule has 1 aliphatic rings. The van der Waals surface area contributed by atoms with Crippen LogP contribution < -0.4 is 0 Å². The maximum absolute atomic E-state index is 5.99. The predicted octanol–water partition coefficient (Wildman–Crippen LogP) is 4.33. The van der Waals surface area contributed by atoms with Gasteiger partial charge in [-0.3, -0.25) is 4.98 Å². The molecule has 0 bridgehead atoms. The summed E-state index contributed by atoms with van der Waals surface area (Å²) in [5, 5.41) is 5.15. The lowest BCUT2D eigenvalue weighted by molar-refractivity contribution is 0.144. The van der Waals surface area contributed by atoms with Crippen LogP contribution in [0.2, 0.25) is 0 Å². The van der Waals surface area contributed by atoms with Gasteiger partial charge in [-0.25, -0.2) is 9.97 Å². The van der Waals surface area contributed by atoms with Gasteiger partial charge in [-0.2, -0.15) is 0 Å². The Morgan fingerprint density at radius 2 is 2.28 bits per heavy atom. The summed E-state index contributed by atoms with van der Waals surface area (Å²) in [5.41, 5.74) is 2.70. The maximum atomic E-state index is 5.99. The van der Waals surface area contributed by atoms with Crippen LogP contribution in [-0.2, 0) is 11.3 Å². The van der Waals surface area contributed by atoms with E-state index in [9.17, 15) is 0 Å². The van der Waals surface area contributed by atoms with E-state index in [-0.39, 0.29) is 0 Å². The summed E-state index contributed by atoms with van der Waals surface area (Å²) in [7, 11) is 0. The van der Waals surface area contributed by atoms with Crippen LogP contribution in [0.25, 0.3) is 21.3 Å². The molecule has 0 spiro atoms. The molecule has 0 saturated heterocycles. The van der Waals surface area contributed by atoms with E-state index in [4.69, 9.17) is 9.25 Å². The summed E-state index contributed by atoms with van der Waals surface area (Å²) in [6.07, 6.45) is 9.04. The van der Waals surface area contributed by atoms with Gasteiger partial charge in [0.15, 0.2) is 0 Å². The number of nitrogens with zero attached hydrogens (tertiary/aromatic N) is 4. The van der Waals surface area contributed by atoms with Crippen molar-refractivity contribution in [1.82, 2.24) is 15.0 Å². The molecule has 0 unspecified atom stereocenters. The third-order valence-electron chi connectivity index (χ3n) is 3.88. The first-order valence-corrected chi connectivity index (χ1v) is 9.22. The molecule has 0 atom stereocenters. The van der Waals surface area contributed by atoms with Crippen LogP contribution in [0, 0.1) is 0 Å². The molecule has 0 radical (unpaired) electrons. The molecule has 128 valence electrons. The molecule has 0 N–H and O–H groups in total. The largest absolute Gasteiger partial charge is 0.440 e. The molecule has 0 aromatic carbocycles. The summed E-state index contributed by atoms with van der Waals surface area (Å²) in [4.78, 5) is 19.5. The van der Waals surface area contributed by atoms with Crippen LogP contribution in [0.15, 0.2) is 40.3 Å². The van der Waals surface area contributed by atoms with E-state index in [2.05, 4.69) is 27.0 Å². The molecule has 0 saturated carbocycles. The Morgan fingerprint density at radius 1 is 1.32 bits per heavy atom. The van der Waals surface area contributed by atoms with Crippen molar-refractivity contribution >= 4 is 17.0 Å². The predicted molar refractivity (Wildman–Crippen MR) is 96.6 cm³/mol. The minimum absolute atomic E-state index is 0.600. The highest BCUT2D eigenvalue weighted by Crippen LogP contribution is 2.34. The highest BCUT2D eigenvalue weighted by Gasteiger charge is 2.24. The summed E-state index contributed by atoms with van der Waals surface area (Å²) < 4.78 is 5.99. The number of aryl methyl sites for hydroxylation is 1. The third-order valence-corrected chi connectivity index (χ3v) is 4.92. The van der Waals surface area contributed by atoms with E-state index in [1.807, 2.05) is 12.1 Å². The van der Waals surface area contributed by atoms with Crippen molar-refractivity contribution in [2.75, 3.05) is 6.61 Å². The minimum atomic E-state index is 0.600. The first-order chi connectivity index (χ1) is 12.3. The van der Waals surface area contributed by atoms with Crippen molar-refractivity contribution in [2.45, 2.75) is 32.6 Å². The van der Waals surface area contributed by atoms with Crippen LogP contribution in [0.4, 0.5) is 0 Å². The third kappa shape index (κ3) is 3.32. The second kappa shape index (κ2) is 7.14. The Balaban J connectivity index is 1.63. The fourth-order valence-corrected chi connectivity index (χ4v) is 3.52. The smallest absolute Gasteiger partial charge is 0.238 e. The normalized spacial score (nSPS) is 15.3. The number of hydrogen-bond donors (Lipinski definition) is 0. The lowest BCUT2D eigenvalue weighted by Gasteiger charge is -2.10. The number of fused-ring (bicyclic) bond motifs is 1. The SMILES string of the molecule is CCCON=C1CCCc2oc(-c3cnc(-c4cccnc4)s3)nc21. The number of rotatable bonds is 5. The van der Waals surface area contributed by atoms with Gasteiger partial charge in [0.2, 0.25) is 5.89 Å². The van der Waals surface area contributed by atoms with Gasteiger partial charge in [-0.1, -0.05) is 12.1 Å². The Morgan fingerprint density at radius 3 is 3.12 bits per heavy atom. The molecule has 1 aliphatic carbocycles. The van der Waals surface area contributed by atoms with Crippen LogP contribution in [-0.4, -0.2) is 27.3 Å². The maximum Gasteiger partial charge on any atom is 0.238 e. The number of aromatic nitrogens is 3. The highest BCUT2D eigenvalue weighted by molar-refractivity contribution is 7.18. The quantitative estimate of drug-likeness (QED) is 0.504. The van der Waals surface area contributed by atoms with Gasteiger partial charge in [-0.15, -0.1) is 11.3 Å². The van der Waals surface area contributed by atoms with Crippen molar-refractivity contribution in [3.05, 3.63) is 42.2 Å². The van der Waals surface area contributed by atoms with Gasteiger partial charge in [0.05, 0.1) is 6.20 Å². The second-order valence-corrected chi connectivity index (χ2v) is 6.82. The summed E-state index contributed by atoms with van der Waals surface area (Å²) in [5.74, 6) is 1.49. The van der Waals surface area contributed by atoms with Crippen molar-refractivity contribution in [3.8, 4) is 21.3 Å². The van der Waals surface area contributed by atoms with E-state index in [1.54, 1.807) is 29.9 Å². The average molecular weight is 354 g/mol. The Hall–Kier alpha value is -2.54. The number of oxazole rings is 1. The Kier molecular flexibility index (Phi) is 4.56. The van der Waals surface area contributed by atoms with E-state index in [1.165, 1.54) is 0 Å². The van der Waals surface area contributed by atoms with Crippen LogP contribution in [0.5, 0.6) is 0 Å². The molecular weight excluding hydrogens is 336 g/mol. The van der Waals surface area contributed by atoms with Crippen molar-refractivity contribution in [3.63, 3.8) is 0 Å². The zero-order valence-electron chi connectivity index (χ0n) is 13.9. The number of thiazole rings is 1. The number of hydrogen-bond acceptors (Lipinski definition) is 7. The molecule has 0 amide bonds. The first kappa shape index (κ1) is 16.0. The van der Waals surface area contributed by atoms with Gasteiger partial charge in [-0.05, 0) is 31.4 Å². The van der Waals surface area contributed by atoms with E-state index >= 15 is 0 Å². The van der Waals surface area contributed by atoms with Gasteiger partial charge >= 0.3 is 0 Å². The minimum Gasteiger partial charge on any atom is -0.440 e. The van der Waals surface area contributed by atoms with Crippen molar-refractivity contribution in [1.29, 1.82) is 0 Å². The Bertz CT molecular complexity index is 886. The van der Waals surface area contributed by atoms with Crippen molar-refractivity contribution in [2.24, 2.45) is 5.16 Å². The lowest BCUT2D eigenvalue weighted by Crippen LogP contribution is -2.11. The molecule has 3 heterocycles. The number of pyridine rings is 1. The summed E-state index contributed by atoms with van der Waals surface area (Å²) in [6, 6.07) is 3.89. The van der Waals surface area contributed by atoms with E-state index in [0.717, 1.165) is 58.3 Å². The average Bonchev–Trinajstić information content (AvgIpc) is 3.30. The highest BCUT2D eigenvalue weighted by atomic mass is 32.1. The monoisotopic (exact) mass is 354 g/mol. The van der Waals surface area contributed by atoms with Crippen LogP contribution in [0.1, 0.15) is 37.6 Å². The molecule has 6 nitrogen and oxygen atoms in total. The number of oxime groups is 1. The summed E-state index contributed by atoms with van der Waals surface area (Å²) >= 11 is 1.55. The zero-order valence-corrected chi connectivity index (χ0v) is 14.8. The second-order valence-electron chi connectivity index (χ2n) is 5.79. The van der Waals surface area contributed by atoms with Gasteiger partial charge in [0.1, 0.15) is 33.7 Å². The molecule has 3 aromatic rings. The zero-order chi connectivity index (χ0) is 17.1. The van der Waals surface area contributed by atoms with Crippen LogP contribution >= 0.6 is 11.3 Å². The van der Waals surface area contributed by atoms with Gasteiger partial charge < -0.3 is 9.25 Å². The Labute approximate surface area is 149 Å². The molecule has 0 fully saturated rings. The first-order valence-electron chi connectivity index (χ1n) is 8.40. The molecule has 3 aromatic heterocycles. The van der Waals surface area contributed by atoms with Crippen LogP contribution in [0.3, 0.4) is 0 Å². The van der Waals surface area contributed by atoms with Gasteiger partial charge in [0.25, 0.3) is 0 Å². The molecule has 0 aliphatic heterocycles. The fourth-order valence-electron chi connectivity index (χ4n) is 2.69. The fraction of sp³-hybridized carbons (Fsp3) is 0.333. The lowest BCUT2D eigenvalue weighted by atomic mass is 10.0.